The number of rotatable bonds is 4. The Labute approximate surface area is 149 Å². The lowest BCUT2D eigenvalue weighted by Crippen LogP contribution is -2.22. The molecule has 0 radical (unpaired) electrons. The van der Waals surface area contributed by atoms with Crippen LogP contribution in [0.2, 0.25) is 0 Å². The van der Waals surface area contributed by atoms with Crippen molar-refractivity contribution in [3.63, 3.8) is 0 Å². The van der Waals surface area contributed by atoms with Crippen molar-refractivity contribution in [2.75, 3.05) is 5.32 Å². The highest BCUT2D eigenvalue weighted by Crippen LogP contribution is 2.28. The number of hydrogen-bond acceptors (Lipinski definition) is 4. The second-order valence-electron chi connectivity index (χ2n) is 5.61. The van der Waals surface area contributed by atoms with Gasteiger partial charge < -0.3 is 5.32 Å². The number of hydrogen-bond donors (Lipinski definition) is 1. The maximum Gasteiger partial charge on any atom is 0.237 e. The Morgan fingerprint density at radius 2 is 1.52 bits per heavy atom. The Balaban J connectivity index is 1.72. The molecule has 122 valence electrons. The minimum atomic E-state index is -0.397. The number of nitrogens with zero attached hydrogens (tertiary/aromatic N) is 2. The molecular formula is C20H15N3OS. The van der Waals surface area contributed by atoms with Crippen LogP contribution in [0.3, 0.4) is 0 Å². The Morgan fingerprint density at radius 1 is 0.880 bits per heavy atom. The second-order valence-corrected chi connectivity index (χ2v) is 6.50. The number of carbonyl (C=O) groups is 1. The predicted octanol–water partition coefficient (Wildman–Crippen LogP) is 4.46. The first-order valence-electron chi connectivity index (χ1n) is 7.92. The van der Waals surface area contributed by atoms with E-state index in [9.17, 15) is 4.79 Å². The average molecular weight is 345 g/mol. The number of thiophene rings is 1. The van der Waals surface area contributed by atoms with Crippen LogP contribution in [0.25, 0.3) is 10.2 Å². The highest BCUT2D eigenvalue weighted by Gasteiger charge is 2.23. The van der Waals surface area contributed by atoms with Crippen LogP contribution in [0.4, 0.5) is 5.82 Å². The number of carbonyl (C=O) groups excluding carboxylic acids is 1. The van der Waals surface area contributed by atoms with Gasteiger partial charge in [0, 0.05) is 0 Å². The highest BCUT2D eigenvalue weighted by atomic mass is 32.1. The third kappa shape index (κ3) is 3.14. The first-order valence-corrected chi connectivity index (χ1v) is 8.80. The summed E-state index contributed by atoms with van der Waals surface area (Å²) < 4.78 is 0. The van der Waals surface area contributed by atoms with Gasteiger partial charge in [0.2, 0.25) is 5.91 Å². The van der Waals surface area contributed by atoms with Crippen molar-refractivity contribution in [1.29, 1.82) is 0 Å². The Hall–Kier alpha value is -3.05. The lowest BCUT2D eigenvalue weighted by molar-refractivity contribution is -0.116. The van der Waals surface area contributed by atoms with E-state index in [1.54, 1.807) is 0 Å². The van der Waals surface area contributed by atoms with E-state index in [0.717, 1.165) is 21.3 Å². The van der Waals surface area contributed by atoms with Gasteiger partial charge in [-0.25, -0.2) is 9.97 Å². The fourth-order valence-corrected chi connectivity index (χ4v) is 3.60. The fourth-order valence-electron chi connectivity index (χ4n) is 2.86. The van der Waals surface area contributed by atoms with Crippen LogP contribution < -0.4 is 5.32 Å². The first kappa shape index (κ1) is 15.5. The zero-order chi connectivity index (χ0) is 17.1. The maximum atomic E-state index is 13.1. The van der Waals surface area contributed by atoms with Crippen molar-refractivity contribution >= 4 is 33.3 Å². The summed E-state index contributed by atoms with van der Waals surface area (Å²) >= 11 is 1.53. The lowest BCUT2D eigenvalue weighted by atomic mass is 9.90. The zero-order valence-corrected chi connectivity index (χ0v) is 14.1. The molecule has 4 rings (SSSR count). The summed E-state index contributed by atoms with van der Waals surface area (Å²) in [7, 11) is 0. The smallest absolute Gasteiger partial charge is 0.237 e. The van der Waals surface area contributed by atoms with E-state index in [1.165, 1.54) is 17.7 Å². The van der Waals surface area contributed by atoms with Gasteiger partial charge in [0.05, 0.1) is 11.3 Å². The van der Waals surface area contributed by atoms with E-state index < -0.39 is 5.92 Å². The third-order valence-electron chi connectivity index (χ3n) is 4.03. The van der Waals surface area contributed by atoms with Gasteiger partial charge in [0.15, 0.2) is 0 Å². The Kier molecular flexibility index (Phi) is 4.23. The van der Waals surface area contributed by atoms with Crippen molar-refractivity contribution in [3.8, 4) is 0 Å². The summed E-state index contributed by atoms with van der Waals surface area (Å²) in [6.45, 7) is 0. The SMILES string of the molecule is O=C(Nc1ncnc2sccc12)C(c1ccccc1)c1ccccc1. The Morgan fingerprint density at radius 3 is 2.16 bits per heavy atom. The quantitative estimate of drug-likeness (QED) is 0.594. The molecule has 0 saturated heterocycles. The van der Waals surface area contributed by atoms with Gasteiger partial charge in [-0.1, -0.05) is 60.7 Å². The number of anilines is 1. The molecular weight excluding hydrogens is 330 g/mol. The molecule has 25 heavy (non-hydrogen) atoms. The fraction of sp³-hybridized carbons (Fsp3) is 0.0500. The number of aromatic nitrogens is 2. The highest BCUT2D eigenvalue weighted by molar-refractivity contribution is 7.16. The van der Waals surface area contributed by atoms with Crippen LogP contribution in [0, 0.1) is 0 Å². The third-order valence-corrected chi connectivity index (χ3v) is 4.85. The van der Waals surface area contributed by atoms with Gasteiger partial charge in [0.1, 0.15) is 17.0 Å². The van der Waals surface area contributed by atoms with Crippen molar-refractivity contribution in [3.05, 3.63) is 89.6 Å². The molecule has 2 heterocycles. The molecule has 2 aromatic heterocycles. The van der Waals surface area contributed by atoms with E-state index >= 15 is 0 Å². The van der Waals surface area contributed by atoms with Crippen LogP contribution >= 0.6 is 11.3 Å². The van der Waals surface area contributed by atoms with Crippen LogP contribution in [0.15, 0.2) is 78.4 Å². The van der Waals surface area contributed by atoms with Gasteiger partial charge in [-0.2, -0.15) is 0 Å². The van der Waals surface area contributed by atoms with Crippen molar-refractivity contribution in [1.82, 2.24) is 9.97 Å². The zero-order valence-electron chi connectivity index (χ0n) is 13.3. The minimum absolute atomic E-state index is 0.108. The average Bonchev–Trinajstić information content (AvgIpc) is 3.14. The molecule has 0 fully saturated rings. The molecule has 1 amide bonds. The molecule has 0 unspecified atom stereocenters. The molecule has 0 spiro atoms. The van der Waals surface area contributed by atoms with Crippen molar-refractivity contribution in [2.45, 2.75) is 5.92 Å². The lowest BCUT2D eigenvalue weighted by Gasteiger charge is -2.17. The molecule has 0 aliphatic rings. The summed E-state index contributed by atoms with van der Waals surface area (Å²) in [5.74, 6) is 0.0442. The van der Waals surface area contributed by atoms with E-state index in [0.29, 0.717) is 5.82 Å². The monoisotopic (exact) mass is 345 g/mol. The number of benzene rings is 2. The molecule has 1 N–H and O–H groups in total. The molecule has 0 saturated carbocycles. The number of nitrogens with one attached hydrogen (secondary N) is 1. The molecule has 0 aliphatic heterocycles. The van der Waals surface area contributed by atoms with Crippen molar-refractivity contribution < 1.29 is 4.79 Å². The van der Waals surface area contributed by atoms with Gasteiger partial charge in [-0.15, -0.1) is 11.3 Å². The predicted molar refractivity (Wildman–Crippen MR) is 101 cm³/mol. The largest absolute Gasteiger partial charge is 0.309 e. The van der Waals surface area contributed by atoms with Crippen LogP contribution in [-0.4, -0.2) is 15.9 Å². The normalized spacial score (nSPS) is 10.9. The first-order chi connectivity index (χ1) is 12.3. The molecule has 5 heteroatoms. The van der Waals surface area contributed by atoms with Gasteiger partial charge in [0.25, 0.3) is 0 Å². The summed E-state index contributed by atoms with van der Waals surface area (Å²) in [5.41, 5.74) is 1.89. The van der Waals surface area contributed by atoms with Gasteiger partial charge in [-0.3, -0.25) is 4.79 Å². The topological polar surface area (TPSA) is 54.9 Å². The standard InChI is InChI=1S/C20H15N3OS/c24-19(23-18-16-11-12-25-20(16)22-13-21-18)17(14-7-3-1-4-8-14)15-9-5-2-6-10-15/h1-13,17H,(H,21,22,23,24). The molecule has 0 bridgehead atoms. The summed E-state index contributed by atoms with van der Waals surface area (Å²) in [6, 6.07) is 21.5. The second kappa shape index (κ2) is 6.83. The summed E-state index contributed by atoms with van der Waals surface area (Å²) in [4.78, 5) is 22.5. The van der Waals surface area contributed by atoms with Crippen LogP contribution in [-0.2, 0) is 4.79 Å². The van der Waals surface area contributed by atoms with E-state index in [2.05, 4.69) is 15.3 Å². The Bertz CT molecular complexity index is 960. The van der Waals surface area contributed by atoms with Crippen LogP contribution in [0.1, 0.15) is 17.0 Å². The summed E-state index contributed by atoms with van der Waals surface area (Å²) in [6.07, 6.45) is 1.48. The van der Waals surface area contributed by atoms with E-state index in [-0.39, 0.29) is 5.91 Å². The van der Waals surface area contributed by atoms with Crippen LogP contribution in [0.5, 0.6) is 0 Å². The van der Waals surface area contributed by atoms with E-state index in [1.807, 2.05) is 72.1 Å². The molecule has 4 aromatic rings. The molecule has 0 aliphatic carbocycles. The molecule has 2 aromatic carbocycles. The number of amides is 1. The van der Waals surface area contributed by atoms with E-state index in [4.69, 9.17) is 0 Å². The molecule has 0 atom stereocenters. The summed E-state index contributed by atoms with van der Waals surface area (Å²) in [5, 5.41) is 5.79. The van der Waals surface area contributed by atoms with Crippen molar-refractivity contribution in [2.24, 2.45) is 0 Å². The molecule has 4 nitrogen and oxygen atoms in total. The number of fused-ring (bicyclic) bond motifs is 1. The maximum absolute atomic E-state index is 13.1. The van der Waals surface area contributed by atoms with Gasteiger partial charge in [-0.05, 0) is 22.6 Å². The van der Waals surface area contributed by atoms with Gasteiger partial charge >= 0.3 is 0 Å². The minimum Gasteiger partial charge on any atom is -0.309 e.